The van der Waals surface area contributed by atoms with Crippen LogP contribution in [0.4, 0.5) is 41.2 Å². The molecule has 0 bridgehead atoms. The highest BCUT2D eigenvalue weighted by atomic mass is 35.5. The first kappa shape index (κ1) is 94.2. The number of urea groups is 1. The standard InChI is InChI=1S/C29H30ClF3N6O4.C24H21ClFN7O4.C24H22ClFN4O5.C5H9F2N.ClH/c1-17(40)27-21-12-19(35-28(43)37-11-3-10-29(32,33)16-37)6-9-23(21)39(36-27)15-25(42)38(20-7-8-20)14-24(41)34-13-18-4-2-5-22(30)26(18)31;1-13(34)23-17-9-14(24(37)29-31-27)5-8-19(17)33(30-23)12-21(36)32(16-6-7-16)11-20(35)28-10-15-3-2-4-18(25)22(15)26;1-13(31)23-17-9-14(24(34)35)5-8-19(17)30(28-23)12-21(33)29(16-6-7-16)11-20(32)27-10-15-3-2-4-18(25)22(15)26;6-5(7)2-1-3-8-4-5;/h2,4-6,9,12,20H,3,7-8,10-11,13-16H2,1H3,(H,34,41)(H,35,43);2-5,8-9,16H,6-7,10-12H2,1H3,(H,28,35);2-5,8-9,16H,6-7,10-12H2,1H3,(H,27,32)(H,34,35);8H,1-4H2;1H. The van der Waals surface area contributed by atoms with Crippen LogP contribution in [0, 0.1) is 17.5 Å². The molecule has 5 aliphatic rings. The average molecular weight is 1800 g/mol. The monoisotopic (exact) mass is 1800 g/mol. The molecule has 42 heteroatoms. The highest BCUT2D eigenvalue weighted by Gasteiger charge is 2.40. The Hall–Kier alpha value is -12.1. The smallest absolute Gasteiger partial charge is 0.335 e. The number of nitrogens with one attached hydrogen (secondary N) is 5. The van der Waals surface area contributed by atoms with E-state index in [2.05, 4.69) is 51.9 Å². The Bertz CT molecular complexity index is 5690. The molecule has 3 aliphatic carbocycles. The van der Waals surface area contributed by atoms with Gasteiger partial charge < -0.3 is 51.3 Å². The van der Waals surface area contributed by atoms with Crippen LogP contribution in [0.2, 0.25) is 15.1 Å². The van der Waals surface area contributed by atoms with Crippen molar-refractivity contribution in [2.24, 2.45) is 5.11 Å². The first-order valence-corrected chi connectivity index (χ1v) is 40.0. The van der Waals surface area contributed by atoms with E-state index in [1.54, 1.807) is 24.3 Å². The summed E-state index contributed by atoms with van der Waals surface area (Å²) in [5.41, 5.74) is 11.0. The van der Waals surface area contributed by atoms with E-state index in [9.17, 15) is 93.4 Å². The summed E-state index contributed by atoms with van der Waals surface area (Å²) in [6.07, 6.45) is 5.02. The van der Waals surface area contributed by atoms with E-state index < -0.39 is 77.4 Å². The van der Waals surface area contributed by atoms with Crippen LogP contribution in [0.15, 0.2) is 114 Å². The van der Waals surface area contributed by atoms with Gasteiger partial charge in [-0.25, -0.2) is 40.3 Å². The number of aromatic nitrogens is 6. The Morgan fingerprint density at radius 3 is 1.24 bits per heavy atom. The van der Waals surface area contributed by atoms with E-state index in [-0.39, 0.29) is 217 Å². The van der Waals surface area contributed by atoms with Gasteiger partial charge in [0.15, 0.2) is 17.3 Å². The number of alkyl halides is 4. The third-order valence-corrected chi connectivity index (χ3v) is 21.2. The normalized spacial score (nSPS) is 14.8. The van der Waals surface area contributed by atoms with Crippen LogP contribution in [0.25, 0.3) is 43.2 Å². The molecule has 9 amide bonds. The number of nitrogens with zero attached hydrogens (tertiary/aromatic N) is 13. The number of halogens is 11. The van der Waals surface area contributed by atoms with Crippen LogP contribution in [0.1, 0.15) is 154 Å². The lowest BCUT2D eigenvalue weighted by Gasteiger charge is -2.32. The fourth-order valence-corrected chi connectivity index (χ4v) is 14.2. The van der Waals surface area contributed by atoms with Gasteiger partial charge in [-0.1, -0.05) is 71.2 Å². The topological polar surface area (TPSA) is 400 Å². The number of carboxylic acids is 1. The molecule has 2 aliphatic heterocycles. The number of azide groups is 1. The van der Waals surface area contributed by atoms with Gasteiger partial charge in [-0.2, -0.15) is 15.3 Å². The van der Waals surface area contributed by atoms with Crippen molar-refractivity contribution < 1.29 is 93.4 Å². The second-order valence-corrected chi connectivity index (χ2v) is 31.1. The van der Waals surface area contributed by atoms with E-state index in [1.165, 1.54) is 134 Å². The minimum absolute atomic E-state index is 0. The second kappa shape index (κ2) is 41.4. The molecule has 2 saturated heterocycles. The number of fused-ring (bicyclic) bond motifs is 3. The third kappa shape index (κ3) is 24.7. The van der Waals surface area contributed by atoms with E-state index in [4.69, 9.17) is 40.3 Å². The quantitative estimate of drug-likeness (QED) is 0.00915. The summed E-state index contributed by atoms with van der Waals surface area (Å²) in [6.45, 7) is 2.40. The minimum atomic E-state index is -2.95. The van der Waals surface area contributed by atoms with Crippen molar-refractivity contribution in [2.75, 3.05) is 51.1 Å². The SMILES string of the molecule is CC(=O)c1nn(CC(=O)N(CC(=O)NCc2cccc(Cl)c2F)C2CC2)c2ccc(C(=O)N=[N+]=[N-])cc12.CC(=O)c1nn(CC(=O)N(CC(=O)NCc2cccc(Cl)c2F)C2CC2)c2ccc(C(=O)O)cc12.CC(=O)c1nn(CC(=O)N(CC(=O)NCc2cccc(Cl)c2F)C2CC2)c2ccc(NC(=O)N3CCCC(F)(F)C3)cc12.Cl.FC1(F)CCCNC1. The van der Waals surface area contributed by atoms with Crippen molar-refractivity contribution in [3.05, 3.63) is 197 Å². The summed E-state index contributed by atoms with van der Waals surface area (Å²) < 4.78 is 98.2. The third-order valence-electron chi connectivity index (χ3n) is 20.3. The second-order valence-electron chi connectivity index (χ2n) is 29.9. The average Bonchev–Trinajstić information content (AvgIpc) is 1.64. The van der Waals surface area contributed by atoms with Gasteiger partial charge in [-0.05, 0) is 141 Å². The number of piperidine rings is 2. The van der Waals surface area contributed by atoms with Gasteiger partial charge in [-0.3, -0.25) is 62.0 Å². The lowest BCUT2D eigenvalue weighted by Crippen LogP contribution is -2.47. The van der Waals surface area contributed by atoms with Gasteiger partial charge >= 0.3 is 12.0 Å². The number of carbonyl (C=O) groups excluding carboxylic acids is 11. The molecule has 0 unspecified atom stereocenters. The van der Waals surface area contributed by atoms with Crippen LogP contribution in [-0.4, -0.2) is 201 Å². The van der Waals surface area contributed by atoms with Crippen molar-refractivity contribution in [2.45, 2.75) is 154 Å². The molecule has 31 nitrogen and oxygen atoms in total. The Labute approximate surface area is 723 Å². The Balaban J connectivity index is 0.000000186. The van der Waals surface area contributed by atoms with E-state index in [1.807, 2.05) is 0 Å². The molecule has 0 atom stereocenters. The van der Waals surface area contributed by atoms with Crippen molar-refractivity contribution in [3.63, 3.8) is 0 Å². The summed E-state index contributed by atoms with van der Waals surface area (Å²) in [5.74, 6) is -12.8. The molecular formula is C82H83Cl4F7N18O13. The largest absolute Gasteiger partial charge is 0.478 e. The van der Waals surface area contributed by atoms with Gasteiger partial charge in [0.1, 0.15) is 54.2 Å². The number of ketones is 3. The number of aromatic carboxylic acids is 1. The number of Topliss-reactive ketones (excluding diaryl/α,β-unsaturated/α-hetero) is 3. The molecule has 3 aromatic heterocycles. The molecule has 0 radical (unpaired) electrons. The predicted octanol–water partition coefficient (Wildman–Crippen LogP) is 12.9. The van der Waals surface area contributed by atoms with Gasteiger partial charge in [0.05, 0.1) is 69.9 Å². The van der Waals surface area contributed by atoms with E-state index in [0.717, 1.165) is 50.0 Å². The van der Waals surface area contributed by atoms with Crippen molar-refractivity contribution >= 4 is 156 Å². The predicted molar refractivity (Wildman–Crippen MR) is 443 cm³/mol. The molecule has 5 fully saturated rings. The van der Waals surface area contributed by atoms with Crippen molar-refractivity contribution in [1.29, 1.82) is 0 Å². The van der Waals surface area contributed by atoms with Crippen molar-refractivity contribution in [3.8, 4) is 0 Å². The summed E-state index contributed by atoms with van der Waals surface area (Å²) >= 11 is 17.3. The number of anilines is 1. The van der Waals surface area contributed by atoms with Gasteiger partial charge in [0.2, 0.25) is 41.4 Å². The molecule has 9 aromatic rings. The molecule has 6 aromatic carbocycles. The number of carboxylic acid groups (broad SMARTS) is 1. The van der Waals surface area contributed by atoms with Gasteiger partial charge in [0.25, 0.3) is 11.8 Å². The maximum Gasteiger partial charge on any atom is 0.335 e. The summed E-state index contributed by atoms with van der Waals surface area (Å²) in [7, 11) is 0. The summed E-state index contributed by atoms with van der Waals surface area (Å²) in [6, 6.07) is 25.6. The molecule has 14 rings (SSSR count). The van der Waals surface area contributed by atoms with Gasteiger partial charge in [0, 0.05) is 127 Å². The molecule has 3 saturated carbocycles. The number of hydrogen-bond acceptors (Lipinski definition) is 16. The first-order valence-electron chi connectivity index (χ1n) is 38.8. The van der Waals surface area contributed by atoms with Gasteiger partial charge in [-0.15, -0.1) is 12.4 Å². The molecule has 0 spiro atoms. The molecular weight excluding hydrogens is 1720 g/mol. The van der Waals surface area contributed by atoms with Crippen LogP contribution < -0.4 is 26.6 Å². The number of rotatable bonds is 27. The Kier molecular flexibility index (Phi) is 31.4. The lowest BCUT2D eigenvalue weighted by atomic mass is 10.1. The van der Waals surface area contributed by atoms with Crippen LogP contribution in [-0.2, 0) is 68.0 Å². The minimum Gasteiger partial charge on any atom is -0.478 e. The van der Waals surface area contributed by atoms with Crippen LogP contribution >= 0.6 is 47.2 Å². The molecule has 5 heterocycles. The number of amides is 9. The molecule has 656 valence electrons. The molecule has 124 heavy (non-hydrogen) atoms. The van der Waals surface area contributed by atoms with E-state index in [0.29, 0.717) is 39.1 Å². The zero-order chi connectivity index (χ0) is 88.9. The maximum absolute atomic E-state index is 14.2. The fourth-order valence-electron chi connectivity index (χ4n) is 13.6. The summed E-state index contributed by atoms with van der Waals surface area (Å²) in [5, 5.41) is 39.1. The molecule has 6 N–H and O–H groups in total. The zero-order valence-corrected chi connectivity index (χ0v) is 69.8. The highest BCUT2D eigenvalue weighted by Crippen LogP contribution is 2.34. The number of carbonyl (C=O) groups is 12. The first-order chi connectivity index (χ1) is 58.5. The van der Waals surface area contributed by atoms with E-state index >= 15 is 0 Å². The number of likely N-dealkylation sites (tertiary alicyclic amines) is 1. The van der Waals surface area contributed by atoms with Crippen LogP contribution in [0.5, 0.6) is 0 Å². The van der Waals surface area contributed by atoms with Crippen molar-refractivity contribution in [1.82, 2.24) is 70.2 Å². The highest BCUT2D eigenvalue weighted by molar-refractivity contribution is 6.31. The Morgan fingerprint density at radius 2 is 0.903 bits per heavy atom. The van der Waals surface area contributed by atoms with Crippen LogP contribution in [0.3, 0.4) is 0 Å². The number of hydrogen-bond donors (Lipinski definition) is 6. The maximum atomic E-state index is 14.2. The lowest BCUT2D eigenvalue weighted by molar-refractivity contribution is -0.137. The summed E-state index contributed by atoms with van der Waals surface area (Å²) in [4.78, 5) is 158. The number of benzene rings is 6. The zero-order valence-electron chi connectivity index (χ0n) is 66.7. The fraction of sp³-hybridized carbons (Fsp3) is 0.378. The Morgan fingerprint density at radius 1 is 0.532 bits per heavy atom.